The predicted octanol–water partition coefficient (Wildman–Crippen LogP) is 6.39. The molecule has 2 fully saturated rings. The third-order valence-electron chi connectivity index (χ3n) is 9.57. The fraction of sp³-hybridized carbons (Fsp3) is 0.564. The molecule has 1 aliphatic heterocycles. The maximum Gasteiger partial charge on any atom is 0.408 e. The number of pyridine rings is 1. The second-order valence-electron chi connectivity index (χ2n) is 14.8. The van der Waals surface area contributed by atoms with Crippen LogP contribution in [0.2, 0.25) is 5.02 Å². The number of esters is 1. The van der Waals surface area contributed by atoms with Gasteiger partial charge in [0.25, 0.3) is 0 Å². The van der Waals surface area contributed by atoms with Crippen molar-refractivity contribution < 1.29 is 38.1 Å². The van der Waals surface area contributed by atoms with E-state index in [4.69, 9.17) is 30.5 Å². The van der Waals surface area contributed by atoms with Gasteiger partial charge in [-0.2, -0.15) is 0 Å². The maximum atomic E-state index is 14.7. The molecule has 0 spiro atoms. The lowest BCUT2D eigenvalue weighted by Crippen LogP contribution is -2.58. The minimum atomic E-state index is -1.28. The van der Waals surface area contributed by atoms with Crippen molar-refractivity contribution in [3.8, 4) is 11.6 Å². The number of methoxy groups -OCH3 is 1. The number of amides is 3. The molecule has 52 heavy (non-hydrogen) atoms. The summed E-state index contributed by atoms with van der Waals surface area (Å²) in [5, 5.41) is 7.37. The molecule has 1 saturated heterocycles. The summed E-state index contributed by atoms with van der Waals surface area (Å²) in [6, 6.07) is 3.21. The van der Waals surface area contributed by atoms with E-state index in [1.54, 1.807) is 52.0 Å². The van der Waals surface area contributed by atoms with Gasteiger partial charge in [-0.05, 0) is 77.3 Å². The summed E-state index contributed by atoms with van der Waals surface area (Å²) in [5.41, 5.74) is -2.09. The van der Waals surface area contributed by atoms with Gasteiger partial charge in [0.2, 0.25) is 17.7 Å². The number of halogens is 1. The van der Waals surface area contributed by atoms with Crippen molar-refractivity contribution in [2.75, 3.05) is 20.3 Å². The van der Waals surface area contributed by atoms with Crippen molar-refractivity contribution in [3.05, 3.63) is 54.7 Å². The highest BCUT2D eigenvalue weighted by Crippen LogP contribution is 2.46. The van der Waals surface area contributed by atoms with Crippen LogP contribution < -0.4 is 20.1 Å². The molecule has 2 N–H and O–H groups in total. The fourth-order valence-corrected chi connectivity index (χ4v) is 7.17. The van der Waals surface area contributed by atoms with Crippen LogP contribution in [0.15, 0.2) is 49.7 Å². The van der Waals surface area contributed by atoms with Gasteiger partial charge in [0.05, 0.1) is 31.5 Å². The molecule has 2 aliphatic rings. The number of carbonyl (C=O) groups is 4. The summed E-state index contributed by atoms with van der Waals surface area (Å²) in [4.78, 5) is 61.1. The minimum Gasteiger partial charge on any atom is -0.494 e. The summed E-state index contributed by atoms with van der Waals surface area (Å²) in [5.74, 6) is -1.31. The normalized spacial score (nSPS) is 22.8. The second-order valence-corrected chi connectivity index (χ2v) is 15.2. The summed E-state index contributed by atoms with van der Waals surface area (Å²) in [7, 11) is 1.52. The first-order valence-corrected chi connectivity index (χ1v) is 18.3. The first kappa shape index (κ1) is 40.5. The van der Waals surface area contributed by atoms with Gasteiger partial charge >= 0.3 is 12.1 Å². The molecule has 284 valence electrons. The highest BCUT2D eigenvalue weighted by molar-refractivity contribution is 6.36. The lowest BCUT2D eigenvalue weighted by Gasteiger charge is -2.33. The van der Waals surface area contributed by atoms with Gasteiger partial charge in [0.1, 0.15) is 35.1 Å². The molecule has 0 radical (unpaired) electrons. The molecule has 1 saturated carbocycles. The number of nitrogens with one attached hydrogen (secondary N) is 2. The van der Waals surface area contributed by atoms with Crippen molar-refractivity contribution >= 4 is 46.3 Å². The van der Waals surface area contributed by atoms with Crippen molar-refractivity contribution in [1.82, 2.24) is 20.5 Å². The quantitative estimate of drug-likeness (QED) is 0.148. The average Bonchev–Trinajstić information content (AvgIpc) is 3.64. The zero-order valence-electron chi connectivity index (χ0n) is 31.3. The van der Waals surface area contributed by atoms with Crippen LogP contribution in [0.5, 0.6) is 11.6 Å². The Bertz CT molecular complexity index is 1660. The van der Waals surface area contributed by atoms with Gasteiger partial charge in [0.15, 0.2) is 0 Å². The molecule has 12 nitrogen and oxygen atoms in total. The van der Waals surface area contributed by atoms with Crippen LogP contribution in [0.1, 0.15) is 73.6 Å². The molecular formula is C39H53ClN4O8. The van der Waals surface area contributed by atoms with Gasteiger partial charge in [-0.1, -0.05) is 43.7 Å². The lowest BCUT2D eigenvalue weighted by molar-refractivity contribution is -0.150. The van der Waals surface area contributed by atoms with Gasteiger partial charge in [-0.25, -0.2) is 14.6 Å². The first-order chi connectivity index (χ1) is 24.6. The smallest absolute Gasteiger partial charge is 0.408 e. The molecule has 2 aromatic rings. The van der Waals surface area contributed by atoms with Crippen LogP contribution in [-0.2, 0) is 23.9 Å². The standard InChI is InChI=1S/C39H53ClN4O8/c1-10-13-15-23(4)18-24(5)32(42-37(48)52-38(6,7)8)35(46)44-22-26(51-34-27-16-14-17-28(40)31(27)30(49-9)21-41-34)19-29(44)33(45)43-39(20-25(39)11-2)36(47)50-12-3/h10-11,14,16-17,21,23-26,29,32H,1-2,12-13,15,18-20,22H2,3-9H3,(H,42,48)(H,43,45). The molecule has 7 atom stereocenters. The molecule has 7 unspecified atom stereocenters. The average molecular weight is 741 g/mol. The molecule has 4 rings (SSSR count). The number of nitrogens with zero attached hydrogens (tertiary/aromatic N) is 2. The van der Waals surface area contributed by atoms with Crippen LogP contribution in [0, 0.1) is 17.8 Å². The van der Waals surface area contributed by atoms with Crippen molar-refractivity contribution in [2.24, 2.45) is 17.8 Å². The zero-order valence-corrected chi connectivity index (χ0v) is 32.1. The van der Waals surface area contributed by atoms with Crippen LogP contribution in [0.3, 0.4) is 0 Å². The largest absolute Gasteiger partial charge is 0.494 e. The van der Waals surface area contributed by atoms with Crippen molar-refractivity contribution in [2.45, 2.75) is 103 Å². The third kappa shape index (κ3) is 9.36. The molecule has 1 aliphatic carbocycles. The van der Waals surface area contributed by atoms with Gasteiger partial charge in [-0.15, -0.1) is 13.2 Å². The number of carbonyl (C=O) groups excluding carboxylic acids is 4. The summed E-state index contributed by atoms with van der Waals surface area (Å²) in [6.07, 6.45) is 6.22. The minimum absolute atomic E-state index is 0.00474. The maximum absolute atomic E-state index is 14.7. The number of rotatable bonds is 16. The van der Waals surface area contributed by atoms with Gasteiger partial charge in [-0.3, -0.25) is 9.59 Å². The predicted molar refractivity (Wildman–Crippen MR) is 199 cm³/mol. The molecular weight excluding hydrogens is 688 g/mol. The van der Waals surface area contributed by atoms with Gasteiger partial charge in [0, 0.05) is 23.1 Å². The lowest BCUT2D eigenvalue weighted by atomic mass is 9.88. The number of likely N-dealkylation sites (tertiary alicyclic amines) is 1. The molecule has 1 aromatic carbocycles. The van der Waals surface area contributed by atoms with E-state index in [1.165, 1.54) is 18.2 Å². The Balaban J connectivity index is 1.70. The second kappa shape index (κ2) is 17.0. The van der Waals surface area contributed by atoms with Crippen LogP contribution >= 0.6 is 11.6 Å². The Morgan fingerprint density at radius 2 is 1.92 bits per heavy atom. The van der Waals surface area contributed by atoms with E-state index >= 15 is 0 Å². The molecule has 2 heterocycles. The van der Waals surface area contributed by atoms with Crippen LogP contribution in [0.25, 0.3) is 10.8 Å². The number of allylic oxidation sites excluding steroid dienone is 1. The number of hydrogen-bond acceptors (Lipinski definition) is 9. The highest BCUT2D eigenvalue weighted by Gasteiger charge is 2.62. The summed E-state index contributed by atoms with van der Waals surface area (Å²) >= 11 is 6.54. The summed E-state index contributed by atoms with van der Waals surface area (Å²) < 4.78 is 22.8. The number of ether oxygens (including phenoxy) is 4. The van der Waals surface area contributed by atoms with Crippen LogP contribution in [0.4, 0.5) is 4.79 Å². The third-order valence-corrected chi connectivity index (χ3v) is 9.88. The molecule has 3 amide bonds. The topological polar surface area (TPSA) is 145 Å². The fourth-order valence-electron chi connectivity index (χ4n) is 6.90. The Labute approximate surface area is 311 Å². The van der Waals surface area contributed by atoms with E-state index in [0.29, 0.717) is 34.4 Å². The SMILES string of the molecule is C=CCCC(C)CC(C)C(NC(=O)OC(C)(C)C)C(=O)N1CC(Oc2ncc(OC)c3c(Cl)cccc23)CC1C(=O)NC1(C(=O)OCC)CC1C=C. The Morgan fingerprint density at radius 3 is 2.54 bits per heavy atom. The zero-order chi connectivity index (χ0) is 38.4. The Hall–Kier alpha value is -4.32. The van der Waals surface area contributed by atoms with E-state index in [0.717, 1.165) is 12.8 Å². The highest BCUT2D eigenvalue weighted by atomic mass is 35.5. The number of fused-ring (bicyclic) bond motifs is 1. The van der Waals surface area contributed by atoms with Gasteiger partial charge < -0.3 is 34.5 Å². The number of hydrogen-bond donors (Lipinski definition) is 2. The van der Waals surface area contributed by atoms with E-state index in [9.17, 15) is 19.2 Å². The number of benzene rings is 1. The molecule has 1 aromatic heterocycles. The Kier molecular flexibility index (Phi) is 13.2. The van der Waals surface area contributed by atoms with E-state index in [2.05, 4.69) is 35.7 Å². The van der Waals surface area contributed by atoms with E-state index in [-0.39, 0.29) is 43.2 Å². The molecule has 0 bridgehead atoms. The number of aromatic nitrogens is 1. The van der Waals surface area contributed by atoms with E-state index in [1.807, 2.05) is 13.0 Å². The first-order valence-electron chi connectivity index (χ1n) is 17.9. The monoisotopic (exact) mass is 740 g/mol. The molecule has 13 heteroatoms. The van der Waals surface area contributed by atoms with Crippen molar-refractivity contribution in [1.29, 1.82) is 0 Å². The number of alkyl carbamates (subject to hydrolysis) is 1. The van der Waals surface area contributed by atoms with E-state index < -0.39 is 53.2 Å². The summed E-state index contributed by atoms with van der Waals surface area (Å²) in [6.45, 7) is 18.7. The van der Waals surface area contributed by atoms with Crippen molar-refractivity contribution in [3.63, 3.8) is 0 Å². The van der Waals surface area contributed by atoms with Crippen LogP contribution in [-0.4, -0.2) is 83.3 Å². The Morgan fingerprint density at radius 1 is 1.19 bits per heavy atom.